The predicted octanol–water partition coefficient (Wildman–Crippen LogP) is 2.33. The molecule has 0 aliphatic rings. The number of ether oxygens (including phenoxy) is 1. The lowest BCUT2D eigenvalue weighted by Gasteiger charge is -2.11. The Kier molecular flexibility index (Phi) is 4.32. The highest BCUT2D eigenvalue weighted by Gasteiger charge is 2.13. The first-order chi connectivity index (χ1) is 11.2. The van der Waals surface area contributed by atoms with E-state index in [1.165, 1.54) is 0 Å². The lowest BCUT2D eigenvalue weighted by Crippen LogP contribution is -2.31. The summed E-state index contributed by atoms with van der Waals surface area (Å²) in [5, 5.41) is 8.15. The molecule has 6 nitrogen and oxygen atoms in total. The van der Waals surface area contributed by atoms with Gasteiger partial charge in [0.2, 0.25) is 5.91 Å². The molecule has 23 heavy (non-hydrogen) atoms. The molecule has 0 aliphatic heterocycles. The van der Waals surface area contributed by atoms with Gasteiger partial charge in [-0.15, -0.1) is 0 Å². The van der Waals surface area contributed by atoms with E-state index >= 15 is 0 Å². The molecule has 2 aromatic heterocycles. The van der Waals surface area contributed by atoms with Gasteiger partial charge in [0.1, 0.15) is 5.75 Å². The van der Waals surface area contributed by atoms with E-state index < -0.39 is 0 Å². The maximum atomic E-state index is 12.2. The third-order valence-corrected chi connectivity index (χ3v) is 3.80. The molecule has 0 spiro atoms. The Morgan fingerprint density at radius 2 is 2.30 bits per heavy atom. The molecule has 0 radical (unpaired) electrons. The van der Waals surface area contributed by atoms with Crippen LogP contribution >= 0.6 is 0 Å². The first-order valence-electron chi connectivity index (χ1n) is 7.56. The maximum absolute atomic E-state index is 12.2. The third-order valence-electron chi connectivity index (χ3n) is 3.80. The van der Waals surface area contributed by atoms with E-state index in [4.69, 9.17) is 4.74 Å². The molecule has 120 valence electrons. The van der Waals surface area contributed by atoms with Gasteiger partial charge in [0.15, 0.2) is 0 Å². The Morgan fingerprint density at radius 1 is 1.43 bits per heavy atom. The number of nitrogens with zero attached hydrogens (tertiary/aromatic N) is 2. The average molecular weight is 312 g/mol. The first kappa shape index (κ1) is 15.1. The van der Waals surface area contributed by atoms with Crippen molar-refractivity contribution in [3.63, 3.8) is 0 Å². The number of hydrogen-bond donors (Lipinski definition) is 2. The van der Waals surface area contributed by atoms with Gasteiger partial charge in [-0.1, -0.05) is 6.92 Å². The number of carbonyl (C=O) groups excluding carboxylic acids is 1. The number of rotatable bonds is 6. The standard InChI is InChI=1S/C17H20N4O2/c1-12(11-21-7-3-6-19-21)17(22)18-10-14-8-13-9-15(23-2)4-5-16(13)20-14/h3-9,12,20H,10-11H2,1-2H3,(H,18,22)/t12-/m1/s1. The number of carbonyl (C=O) groups is 1. The van der Waals surface area contributed by atoms with Crippen LogP contribution in [0.25, 0.3) is 10.9 Å². The van der Waals surface area contributed by atoms with Crippen LogP contribution in [0.3, 0.4) is 0 Å². The molecule has 2 N–H and O–H groups in total. The molecule has 0 fully saturated rings. The highest BCUT2D eigenvalue weighted by molar-refractivity contribution is 5.82. The molecule has 0 saturated heterocycles. The molecular formula is C17H20N4O2. The number of hydrogen-bond acceptors (Lipinski definition) is 3. The van der Waals surface area contributed by atoms with Crippen LogP contribution in [-0.4, -0.2) is 27.8 Å². The van der Waals surface area contributed by atoms with Crippen molar-refractivity contribution in [3.05, 3.63) is 48.4 Å². The van der Waals surface area contributed by atoms with Crippen molar-refractivity contribution in [2.45, 2.75) is 20.0 Å². The van der Waals surface area contributed by atoms with Crippen LogP contribution in [0.15, 0.2) is 42.7 Å². The molecule has 1 amide bonds. The summed E-state index contributed by atoms with van der Waals surface area (Å²) in [7, 11) is 1.65. The SMILES string of the molecule is COc1ccc2[nH]c(CNC(=O)[C@H](C)Cn3cccn3)cc2c1. The van der Waals surface area contributed by atoms with Crippen LogP contribution in [0.1, 0.15) is 12.6 Å². The fourth-order valence-corrected chi connectivity index (χ4v) is 2.52. The smallest absolute Gasteiger partial charge is 0.225 e. The number of benzene rings is 1. The van der Waals surface area contributed by atoms with Crippen molar-refractivity contribution in [2.75, 3.05) is 7.11 Å². The number of H-pyrrole nitrogens is 1. The molecular weight excluding hydrogens is 292 g/mol. The molecule has 0 saturated carbocycles. The van der Waals surface area contributed by atoms with Gasteiger partial charge in [0, 0.05) is 29.0 Å². The van der Waals surface area contributed by atoms with Gasteiger partial charge in [-0.05, 0) is 30.3 Å². The number of aromatic nitrogens is 3. The number of amides is 1. The summed E-state index contributed by atoms with van der Waals surface area (Å²) in [5.74, 6) is 0.691. The zero-order valence-electron chi connectivity index (χ0n) is 13.2. The Bertz CT molecular complexity index is 792. The van der Waals surface area contributed by atoms with Crippen molar-refractivity contribution < 1.29 is 9.53 Å². The quantitative estimate of drug-likeness (QED) is 0.734. The van der Waals surface area contributed by atoms with Gasteiger partial charge in [-0.3, -0.25) is 9.48 Å². The lowest BCUT2D eigenvalue weighted by atomic mass is 10.1. The van der Waals surface area contributed by atoms with E-state index in [2.05, 4.69) is 15.4 Å². The van der Waals surface area contributed by atoms with Crippen molar-refractivity contribution in [1.82, 2.24) is 20.1 Å². The molecule has 2 heterocycles. The predicted molar refractivity (Wildman–Crippen MR) is 88.1 cm³/mol. The molecule has 1 aromatic carbocycles. The summed E-state index contributed by atoms with van der Waals surface area (Å²) in [5.41, 5.74) is 1.99. The minimum Gasteiger partial charge on any atom is -0.497 e. The van der Waals surface area contributed by atoms with Crippen LogP contribution in [-0.2, 0) is 17.9 Å². The Hall–Kier alpha value is -2.76. The van der Waals surface area contributed by atoms with Crippen LogP contribution in [0.2, 0.25) is 0 Å². The van der Waals surface area contributed by atoms with Crippen LogP contribution in [0, 0.1) is 5.92 Å². The molecule has 6 heteroatoms. The molecule has 0 unspecified atom stereocenters. The number of methoxy groups -OCH3 is 1. The van der Waals surface area contributed by atoms with Crippen molar-refractivity contribution in [2.24, 2.45) is 5.92 Å². The molecule has 3 rings (SSSR count). The Balaban J connectivity index is 1.60. The summed E-state index contributed by atoms with van der Waals surface area (Å²) in [6.45, 7) is 2.94. The largest absolute Gasteiger partial charge is 0.497 e. The topological polar surface area (TPSA) is 71.9 Å². The number of aromatic amines is 1. The second-order valence-corrected chi connectivity index (χ2v) is 5.59. The zero-order valence-corrected chi connectivity index (χ0v) is 13.2. The van der Waals surface area contributed by atoms with Gasteiger partial charge < -0.3 is 15.0 Å². The summed E-state index contributed by atoms with van der Waals surface area (Å²) < 4.78 is 6.98. The highest BCUT2D eigenvalue weighted by atomic mass is 16.5. The van der Waals surface area contributed by atoms with Crippen molar-refractivity contribution >= 4 is 16.8 Å². The normalized spacial score (nSPS) is 12.3. The van der Waals surface area contributed by atoms with Gasteiger partial charge in [0.25, 0.3) is 0 Å². The molecule has 1 atom stereocenters. The average Bonchev–Trinajstić information content (AvgIpc) is 3.20. The fraction of sp³-hybridized carbons (Fsp3) is 0.294. The maximum Gasteiger partial charge on any atom is 0.225 e. The molecule has 0 aliphatic carbocycles. The summed E-state index contributed by atoms with van der Waals surface area (Å²) >= 11 is 0. The van der Waals surface area contributed by atoms with E-state index in [0.717, 1.165) is 22.3 Å². The number of nitrogens with one attached hydrogen (secondary N) is 2. The van der Waals surface area contributed by atoms with Gasteiger partial charge in [-0.2, -0.15) is 5.10 Å². The third kappa shape index (κ3) is 3.53. The minimum atomic E-state index is -0.139. The summed E-state index contributed by atoms with van der Waals surface area (Å²) in [4.78, 5) is 15.5. The van der Waals surface area contributed by atoms with Crippen LogP contribution in [0.4, 0.5) is 0 Å². The van der Waals surface area contributed by atoms with E-state index in [1.807, 2.05) is 43.5 Å². The minimum absolute atomic E-state index is 0.0109. The van der Waals surface area contributed by atoms with Gasteiger partial charge in [-0.25, -0.2) is 0 Å². The van der Waals surface area contributed by atoms with E-state index in [-0.39, 0.29) is 11.8 Å². The molecule has 0 bridgehead atoms. The van der Waals surface area contributed by atoms with Gasteiger partial charge >= 0.3 is 0 Å². The second kappa shape index (κ2) is 6.56. The highest BCUT2D eigenvalue weighted by Crippen LogP contribution is 2.21. The zero-order chi connectivity index (χ0) is 16.2. The monoisotopic (exact) mass is 312 g/mol. The number of fused-ring (bicyclic) bond motifs is 1. The van der Waals surface area contributed by atoms with Crippen molar-refractivity contribution in [1.29, 1.82) is 0 Å². The summed E-state index contributed by atoms with van der Waals surface area (Å²) in [6.07, 6.45) is 3.57. The molecule has 3 aromatic rings. The Morgan fingerprint density at radius 3 is 3.04 bits per heavy atom. The lowest BCUT2D eigenvalue weighted by molar-refractivity contribution is -0.125. The second-order valence-electron chi connectivity index (χ2n) is 5.59. The van der Waals surface area contributed by atoms with Gasteiger partial charge in [0.05, 0.1) is 26.1 Å². The summed E-state index contributed by atoms with van der Waals surface area (Å²) in [6, 6.07) is 9.73. The Labute approximate surface area is 134 Å². The van der Waals surface area contributed by atoms with Crippen molar-refractivity contribution in [3.8, 4) is 5.75 Å². The van der Waals surface area contributed by atoms with E-state index in [0.29, 0.717) is 13.1 Å². The fourth-order valence-electron chi connectivity index (χ4n) is 2.52. The van der Waals surface area contributed by atoms with Crippen LogP contribution in [0.5, 0.6) is 5.75 Å². The van der Waals surface area contributed by atoms with E-state index in [9.17, 15) is 4.79 Å². The van der Waals surface area contributed by atoms with E-state index in [1.54, 1.807) is 18.0 Å². The first-order valence-corrected chi connectivity index (χ1v) is 7.56. The van der Waals surface area contributed by atoms with Crippen LogP contribution < -0.4 is 10.1 Å².